The summed E-state index contributed by atoms with van der Waals surface area (Å²) in [5.74, 6) is 1.07. The van der Waals surface area contributed by atoms with Gasteiger partial charge in [-0.15, -0.1) is 0 Å². The lowest BCUT2D eigenvalue weighted by atomic mass is 9.95. The minimum Gasteiger partial charge on any atom is -0.507 e. The third kappa shape index (κ3) is 4.27. The van der Waals surface area contributed by atoms with Crippen molar-refractivity contribution in [3.8, 4) is 28.5 Å². The highest BCUT2D eigenvalue weighted by atomic mass is 35.5. The van der Waals surface area contributed by atoms with E-state index in [0.717, 1.165) is 17.5 Å². The Kier molecular flexibility index (Phi) is 6.57. The summed E-state index contributed by atoms with van der Waals surface area (Å²) in [5, 5.41) is 18.3. The van der Waals surface area contributed by atoms with Gasteiger partial charge in [-0.05, 0) is 47.9 Å². The average Bonchev–Trinajstić information content (AvgIpc) is 3.44. The Bertz CT molecular complexity index is 1400. The Labute approximate surface area is 214 Å². The summed E-state index contributed by atoms with van der Waals surface area (Å²) in [6.07, 6.45) is 0.785. The summed E-state index contributed by atoms with van der Waals surface area (Å²) in [6, 6.07) is 20.0. The Morgan fingerprint density at radius 3 is 2.64 bits per heavy atom. The zero-order valence-electron chi connectivity index (χ0n) is 20.0. The number of fused-ring (bicyclic) bond motifs is 1. The van der Waals surface area contributed by atoms with Gasteiger partial charge < -0.3 is 19.5 Å². The van der Waals surface area contributed by atoms with Crippen LogP contribution in [0, 0.1) is 0 Å². The standard InChI is InChI=1S/C28H26ClN3O4/c1-3-13-32-27(18-9-12-22(23(14-18)35-2)36-16-17-7-5-4-6-8-17)24-25(30-31-26(24)28(32)34)20-15-19(29)10-11-21(20)33/h4-12,14-15,27,33H,3,13,16H2,1-2H3,(H,30,31). The predicted octanol–water partition coefficient (Wildman–Crippen LogP) is 5.98. The molecule has 1 aliphatic heterocycles. The van der Waals surface area contributed by atoms with Crippen molar-refractivity contribution >= 4 is 17.5 Å². The first kappa shape index (κ1) is 23.8. The molecular formula is C28H26ClN3O4. The summed E-state index contributed by atoms with van der Waals surface area (Å²) >= 11 is 6.22. The zero-order chi connectivity index (χ0) is 25.2. The molecule has 1 atom stereocenters. The van der Waals surface area contributed by atoms with E-state index in [4.69, 9.17) is 21.1 Å². The highest BCUT2D eigenvalue weighted by molar-refractivity contribution is 6.31. The van der Waals surface area contributed by atoms with Crippen LogP contribution >= 0.6 is 11.6 Å². The van der Waals surface area contributed by atoms with E-state index >= 15 is 0 Å². The van der Waals surface area contributed by atoms with Gasteiger partial charge in [0, 0.05) is 22.7 Å². The van der Waals surface area contributed by atoms with Gasteiger partial charge in [0.2, 0.25) is 0 Å². The van der Waals surface area contributed by atoms with E-state index in [2.05, 4.69) is 10.2 Å². The first-order valence-corrected chi connectivity index (χ1v) is 12.1. The van der Waals surface area contributed by atoms with Crippen molar-refractivity contribution in [3.05, 3.63) is 94.1 Å². The third-order valence-corrected chi connectivity index (χ3v) is 6.52. The first-order valence-electron chi connectivity index (χ1n) is 11.7. The van der Waals surface area contributed by atoms with Crippen molar-refractivity contribution in [1.82, 2.24) is 15.1 Å². The number of aromatic amines is 1. The molecule has 0 saturated heterocycles. The number of benzene rings is 3. The predicted molar refractivity (Wildman–Crippen MR) is 138 cm³/mol. The number of amides is 1. The fourth-order valence-corrected chi connectivity index (χ4v) is 4.80. The van der Waals surface area contributed by atoms with Crippen molar-refractivity contribution in [3.63, 3.8) is 0 Å². The lowest BCUT2D eigenvalue weighted by Crippen LogP contribution is -2.30. The van der Waals surface area contributed by atoms with E-state index in [0.29, 0.717) is 52.2 Å². The van der Waals surface area contributed by atoms with Crippen molar-refractivity contribution in [2.24, 2.45) is 0 Å². The lowest BCUT2D eigenvalue weighted by molar-refractivity contribution is 0.0743. The molecule has 0 bridgehead atoms. The second-order valence-electron chi connectivity index (χ2n) is 8.61. The maximum Gasteiger partial charge on any atom is 0.273 e. The van der Waals surface area contributed by atoms with Crippen molar-refractivity contribution in [2.75, 3.05) is 13.7 Å². The number of nitrogens with zero attached hydrogens (tertiary/aromatic N) is 2. The molecule has 0 saturated carbocycles. The largest absolute Gasteiger partial charge is 0.507 e. The number of aromatic nitrogens is 2. The molecule has 1 unspecified atom stereocenters. The molecule has 4 aromatic rings. The van der Waals surface area contributed by atoms with E-state index in [1.54, 1.807) is 19.2 Å². The number of methoxy groups -OCH3 is 1. The van der Waals surface area contributed by atoms with Gasteiger partial charge in [0.15, 0.2) is 11.5 Å². The van der Waals surface area contributed by atoms with E-state index in [-0.39, 0.29) is 11.7 Å². The summed E-state index contributed by atoms with van der Waals surface area (Å²) in [7, 11) is 1.59. The summed E-state index contributed by atoms with van der Waals surface area (Å²) in [6.45, 7) is 2.99. The summed E-state index contributed by atoms with van der Waals surface area (Å²) in [4.78, 5) is 15.2. The third-order valence-electron chi connectivity index (χ3n) is 6.28. The molecule has 184 valence electrons. The van der Waals surface area contributed by atoms with Gasteiger partial charge in [-0.1, -0.05) is 54.9 Å². The number of halogens is 1. The van der Waals surface area contributed by atoms with Crippen LogP contribution in [0.5, 0.6) is 17.2 Å². The fourth-order valence-electron chi connectivity index (χ4n) is 4.63. The minimum absolute atomic E-state index is 0.0380. The smallest absolute Gasteiger partial charge is 0.273 e. The monoisotopic (exact) mass is 503 g/mol. The molecule has 1 aromatic heterocycles. The van der Waals surface area contributed by atoms with Gasteiger partial charge in [-0.3, -0.25) is 9.89 Å². The molecule has 0 radical (unpaired) electrons. The molecule has 1 amide bonds. The van der Waals surface area contributed by atoms with Crippen molar-refractivity contribution in [2.45, 2.75) is 26.0 Å². The lowest BCUT2D eigenvalue weighted by Gasteiger charge is -2.26. The van der Waals surface area contributed by atoms with Crippen LogP contribution in [-0.4, -0.2) is 39.8 Å². The molecule has 8 heteroatoms. The van der Waals surface area contributed by atoms with Crippen LogP contribution in [0.2, 0.25) is 5.02 Å². The van der Waals surface area contributed by atoms with Crippen LogP contribution in [0.3, 0.4) is 0 Å². The number of H-pyrrole nitrogens is 1. The van der Waals surface area contributed by atoms with Gasteiger partial charge in [-0.25, -0.2) is 0 Å². The normalized spacial score (nSPS) is 14.7. The van der Waals surface area contributed by atoms with E-state index < -0.39 is 6.04 Å². The SMILES string of the molecule is CCCN1C(=O)c2[nH]nc(-c3cc(Cl)ccc3O)c2C1c1ccc(OCc2ccccc2)c(OC)c1. The Morgan fingerprint density at radius 2 is 1.89 bits per heavy atom. The molecule has 0 aliphatic carbocycles. The highest BCUT2D eigenvalue weighted by Crippen LogP contribution is 2.46. The summed E-state index contributed by atoms with van der Waals surface area (Å²) < 4.78 is 11.7. The Morgan fingerprint density at radius 1 is 1.08 bits per heavy atom. The molecule has 3 aromatic carbocycles. The number of phenolic OH excluding ortho intramolecular Hbond substituents is 1. The van der Waals surface area contributed by atoms with Crippen LogP contribution in [0.1, 0.15) is 46.6 Å². The second kappa shape index (κ2) is 9.95. The quantitative estimate of drug-likeness (QED) is 0.309. The fraction of sp³-hybridized carbons (Fsp3) is 0.214. The van der Waals surface area contributed by atoms with E-state index in [1.807, 2.05) is 60.4 Å². The van der Waals surface area contributed by atoms with Gasteiger partial charge in [0.1, 0.15) is 23.7 Å². The zero-order valence-corrected chi connectivity index (χ0v) is 20.7. The van der Waals surface area contributed by atoms with E-state index in [1.165, 1.54) is 6.07 Å². The summed E-state index contributed by atoms with van der Waals surface area (Å²) in [5.41, 5.74) is 3.96. The maximum absolute atomic E-state index is 13.4. The number of carbonyl (C=O) groups excluding carboxylic acids is 1. The van der Waals surface area contributed by atoms with Crippen LogP contribution in [0.25, 0.3) is 11.3 Å². The van der Waals surface area contributed by atoms with Gasteiger partial charge >= 0.3 is 0 Å². The number of ether oxygens (including phenoxy) is 2. The van der Waals surface area contributed by atoms with Crippen molar-refractivity contribution in [1.29, 1.82) is 0 Å². The Hall–Kier alpha value is -3.97. The second-order valence-corrected chi connectivity index (χ2v) is 9.04. The van der Waals surface area contributed by atoms with Gasteiger partial charge in [0.05, 0.1) is 13.2 Å². The number of hydrogen-bond donors (Lipinski definition) is 2. The average molecular weight is 504 g/mol. The molecular weight excluding hydrogens is 478 g/mol. The number of rotatable bonds is 8. The molecule has 2 N–H and O–H groups in total. The van der Waals surface area contributed by atoms with Gasteiger partial charge in [-0.2, -0.15) is 5.10 Å². The number of aromatic hydroxyl groups is 1. The molecule has 0 spiro atoms. The number of carbonyl (C=O) groups is 1. The molecule has 0 fully saturated rings. The minimum atomic E-state index is -0.420. The van der Waals surface area contributed by atoms with Crippen LogP contribution in [0.4, 0.5) is 0 Å². The van der Waals surface area contributed by atoms with Crippen LogP contribution in [0.15, 0.2) is 66.7 Å². The molecule has 2 heterocycles. The Balaban J connectivity index is 1.56. The molecule has 36 heavy (non-hydrogen) atoms. The number of phenols is 1. The van der Waals surface area contributed by atoms with E-state index in [9.17, 15) is 9.90 Å². The topological polar surface area (TPSA) is 87.7 Å². The van der Waals surface area contributed by atoms with Gasteiger partial charge in [0.25, 0.3) is 5.91 Å². The highest BCUT2D eigenvalue weighted by Gasteiger charge is 2.42. The molecule has 1 aliphatic rings. The maximum atomic E-state index is 13.4. The number of nitrogens with one attached hydrogen (secondary N) is 1. The molecule has 7 nitrogen and oxygen atoms in total. The first-order chi connectivity index (χ1) is 17.5. The van der Waals surface area contributed by atoms with Crippen LogP contribution in [-0.2, 0) is 6.61 Å². The number of hydrogen-bond acceptors (Lipinski definition) is 5. The molecule has 5 rings (SSSR count). The van der Waals surface area contributed by atoms with Crippen molar-refractivity contribution < 1.29 is 19.4 Å². The van der Waals surface area contributed by atoms with Crippen LogP contribution < -0.4 is 9.47 Å².